The van der Waals surface area contributed by atoms with Gasteiger partial charge in [-0.2, -0.15) is 4.31 Å². The van der Waals surface area contributed by atoms with E-state index in [0.717, 1.165) is 10.0 Å². The molecule has 0 saturated carbocycles. The number of hydrogen-bond acceptors (Lipinski definition) is 3. The van der Waals surface area contributed by atoms with E-state index in [2.05, 4.69) is 15.9 Å². The minimum absolute atomic E-state index is 0.336. The number of halogens is 1. The van der Waals surface area contributed by atoms with Gasteiger partial charge in [0.1, 0.15) is 0 Å². The molecule has 6 heteroatoms. The average molecular weight is 348 g/mol. The Morgan fingerprint density at radius 3 is 2.47 bits per heavy atom. The fourth-order valence-electron chi connectivity index (χ4n) is 2.20. The number of aryl methyl sites for hydroxylation is 1. The van der Waals surface area contributed by atoms with Gasteiger partial charge in [-0.25, -0.2) is 8.42 Å². The van der Waals surface area contributed by atoms with Crippen LogP contribution in [-0.2, 0) is 10.0 Å². The molecule has 0 atom stereocenters. The first-order valence-electron chi connectivity index (χ1n) is 6.21. The van der Waals surface area contributed by atoms with Gasteiger partial charge in [0, 0.05) is 17.6 Å². The first kappa shape index (κ1) is 15.0. The maximum absolute atomic E-state index is 12.6. The number of sulfonamides is 1. The van der Waals surface area contributed by atoms with Crippen molar-refractivity contribution in [3.05, 3.63) is 28.2 Å². The highest BCUT2D eigenvalue weighted by Gasteiger charge is 2.34. The lowest BCUT2D eigenvalue weighted by Crippen LogP contribution is -2.45. The molecular formula is C13H18BrNO3S. The highest BCUT2D eigenvalue weighted by Crippen LogP contribution is 2.28. The van der Waals surface area contributed by atoms with Gasteiger partial charge in [0.2, 0.25) is 10.0 Å². The van der Waals surface area contributed by atoms with Crippen molar-refractivity contribution in [3.8, 4) is 0 Å². The maximum atomic E-state index is 12.6. The summed E-state index contributed by atoms with van der Waals surface area (Å²) in [6.07, 6.45) is 0.943. The average Bonchev–Trinajstić information content (AvgIpc) is 2.31. The van der Waals surface area contributed by atoms with Crippen LogP contribution in [0.15, 0.2) is 27.6 Å². The minimum Gasteiger partial charge on any atom is -0.390 e. The van der Waals surface area contributed by atoms with Crippen LogP contribution in [0.3, 0.4) is 0 Å². The Kier molecular flexibility index (Phi) is 4.07. The van der Waals surface area contributed by atoms with Gasteiger partial charge in [0.25, 0.3) is 0 Å². The van der Waals surface area contributed by atoms with Crippen LogP contribution in [0, 0.1) is 6.92 Å². The highest BCUT2D eigenvalue weighted by molar-refractivity contribution is 9.10. The van der Waals surface area contributed by atoms with Crippen LogP contribution >= 0.6 is 15.9 Å². The molecule has 4 nitrogen and oxygen atoms in total. The van der Waals surface area contributed by atoms with Crippen molar-refractivity contribution < 1.29 is 13.5 Å². The summed E-state index contributed by atoms with van der Waals surface area (Å²) in [4.78, 5) is 0.336. The van der Waals surface area contributed by atoms with Crippen molar-refractivity contribution in [2.45, 2.75) is 37.2 Å². The molecule has 0 unspecified atom stereocenters. The lowest BCUT2D eigenvalue weighted by atomic mass is 9.95. The molecule has 0 bridgehead atoms. The molecule has 0 spiro atoms. The van der Waals surface area contributed by atoms with Crippen molar-refractivity contribution >= 4 is 26.0 Å². The number of benzene rings is 1. The second kappa shape index (κ2) is 5.16. The Morgan fingerprint density at radius 1 is 1.32 bits per heavy atom. The first-order chi connectivity index (χ1) is 8.72. The summed E-state index contributed by atoms with van der Waals surface area (Å²) in [5.74, 6) is 0. The summed E-state index contributed by atoms with van der Waals surface area (Å²) >= 11 is 3.31. The molecule has 1 saturated heterocycles. The summed E-state index contributed by atoms with van der Waals surface area (Å²) in [6.45, 7) is 4.27. The van der Waals surface area contributed by atoms with E-state index >= 15 is 0 Å². The number of aliphatic hydroxyl groups is 1. The zero-order chi connectivity index (χ0) is 14.3. The minimum atomic E-state index is -3.47. The van der Waals surface area contributed by atoms with E-state index in [-0.39, 0.29) is 0 Å². The van der Waals surface area contributed by atoms with Crippen LogP contribution in [-0.4, -0.2) is 36.5 Å². The van der Waals surface area contributed by atoms with Crippen molar-refractivity contribution in [1.29, 1.82) is 0 Å². The van der Waals surface area contributed by atoms with Crippen molar-refractivity contribution in [2.24, 2.45) is 0 Å². The summed E-state index contributed by atoms with van der Waals surface area (Å²) < 4.78 is 27.4. The van der Waals surface area contributed by atoms with Gasteiger partial charge >= 0.3 is 0 Å². The van der Waals surface area contributed by atoms with Crippen molar-refractivity contribution in [2.75, 3.05) is 13.1 Å². The predicted octanol–water partition coefficient (Wildman–Crippen LogP) is 2.29. The summed E-state index contributed by atoms with van der Waals surface area (Å²) in [5, 5.41) is 9.90. The Hall–Kier alpha value is -0.430. The predicted molar refractivity (Wildman–Crippen MR) is 77.5 cm³/mol. The van der Waals surface area contributed by atoms with Crippen LogP contribution in [0.2, 0.25) is 0 Å². The molecule has 19 heavy (non-hydrogen) atoms. The van der Waals surface area contributed by atoms with Crippen LogP contribution in [0.1, 0.15) is 25.3 Å². The molecular weight excluding hydrogens is 330 g/mol. The molecule has 0 aromatic heterocycles. The van der Waals surface area contributed by atoms with Crippen LogP contribution in [0.4, 0.5) is 0 Å². The van der Waals surface area contributed by atoms with Gasteiger partial charge in [-0.1, -0.05) is 22.0 Å². The standard InChI is InChI=1S/C13H18BrNO3S/c1-10-3-4-11(14)9-12(10)19(17,18)15-7-5-13(2,16)6-8-15/h3-4,9,16H,5-8H2,1-2H3. The Labute approximate surface area is 122 Å². The molecule has 1 aliphatic rings. The second-order valence-corrected chi connectivity index (χ2v) is 8.13. The molecule has 2 rings (SSSR count). The quantitative estimate of drug-likeness (QED) is 0.892. The molecule has 1 heterocycles. The third-order valence-corrected chi connectivity index (χ3v) is 6.10. The fourth-order valence-corrected chi connectivity index (χ4v) is 4.40. The van der Waals surface area contributed by atoms with E-state index in [4.69, 9.17) is 0 Å². The van der Waals surface area contributed by atoms with Gasteiger partial charge in [-0.05, 0) is 44.4 Å². The Bertz CT molecular complexity index is 574. The van der Waals surface area contributed by atoms with E-state index in [9.17, 15) is 13.5 Å². The zero-order valence-corrected chi connectivity index (χ0v) is 13.5. The SMILES string of the molecule is Cc1ccc(Br)cc1S(=O)(=O)N1CCC(C)(O)CC1. The molecule has 1 N–H and O–H groups in total. The van der Waals surface area contributed by atoms with Gasteiger partial charge in [0.15, 0.2) is 0 Å². The molecule has 106 valence electrons. The zero-order valence-electron chi connectivity index (χ0n) is 11.1. The van der Waals surface area contributed by atoms with Gasteiger partial charge in [-0.3, -0.25) is 0 Å². The third kappa shape index (κ3) is 3.18. The number of piperidine rings is 1. The van der Waals surface area contributed by atoms with Gasteiger partial charge < -0.3 is 5.11 Å². The molecule has 1 aliphatic heterocycles. The smallest absolute Gasteiger partial charge is 0.243 e. The van der Waals surface area contributed by atoms with E-state index in [1.54, 1.807) is 26.0 Å². The molecule has 0 amide bonds. The first-order valence-corrected chi connectivity index (χ1v) is 8.44. The summed E-state index contributed by atoms with van der Waals surface area (Å²) in [5.41, 5.74) is -0.0150. The van der Waals surface area contributed by atoms with Crippen molar-refractivity contribution in [3.63, 3.8) is 0 Å². The lowest BCUT2D eigenvalue weighted by Gasteiger charge is -2.35. The topological polar surface area (TPSA) is 57.6 Å². The van der Waals surface area contributed by atoms with Gasteiger partial charge in [-0.15, -0.1) is 0 Å². The summed E-state index contributed by atoms with van der Waals surface area (Å²) in [6, 6.07) is 5.25. The lowest BCUT2D eigenvalue weighted by molar-refractivity contribution is 0.0126. The Balaban J connectivity index is 2.31. The molecule has 0 radical (unpaired) electrons. The summed E-state index contributed by atoms with van der Waals surface area (Å²) in [7, 11) is -3.47. The highest BCUT2D eigenvalue weighted by atomic mass is 79.9. The molecule has 1 aromatic carbocycles. The molecule has 1 fully saturated rings. The Morgan fingerprint density at radius 2 is 1.89 bits per heavy atom. The maximum Gasteiger partial charge on any atom is 0.243 e. The molecule has 1 aromatic rings. The van der Waals surface area contributed by atoms with Crippen molar-refractivity contribution in [1.82, 2.24) is 4.31 Å². The normalized spacial score (nSPS) is 20.4. The number of nitrogens with zero attached hydrogens (tertiary/aromatic N) is 1. The number of rotatable bonds is 2. The third-order valence-electron chi connectivity index (χ3n) is 3.57. The fraction of sp³-hybridized carbons (Fsp3) is 0.538. The van der Waals surface area contributed by atoms with Crippen LogP contribution in [0.5, 0.6) is 0 Å². The van der Waals surface area contributed by atoms with Crippen LogP contribution < -0.4 is 0 Å². The van der Waals surface area contributed by atoms with E-state index in [0.29, 0.717) is 30.8 Å². The van der Waals surface area contributed by atoms with Crippen LogP contribution in [0.25, 0.3) is 0 Å². The monoisotopic (exact) mass is 347 g/mol. The second-order valence-electron chi connectivity index (χ2n) is 5.31. The van der Waals surface area contributed by atoms with E-state index in [1.165, 1.54) is 4.31 Å². The molecule has 0 aliphatic carbocycles. The van der Waals surface area contributed by atoms with E-state index in [1.807, 2.05) is 6.07 Å². The van der Waals surface area contributed by atoms with Gasteiger partial charge in [0.05, 0.1) is 10.5 Å². The number of hydrogen-bond donors (Lipinski definition) is 1. The largest absolute Gasteiger partial charge is 0.390 e. The van der Waals surface area contributed by atoms with E-state index < -0.39 is 15.6 Å².